The second-order valence-corrected chi connectivity index (χ2v) is 3.51. The van der Waals surface area contributed by atoms with E-state index in [1.807, 2.05) is 0 Å². The molecule has 0 saturated heterocycles. The zero-order valence-corrected chi connectivity index (χ0v) is 7.93. The second-order valence-electron chi connectivity index (χ2n) is 3.51. The molecule has 0 unspecified atom stereocenters. The van der Waals surface area contributed by atoms with Gasteiger partial charge in [0.15, 0.2) is 5.78 Å². The number of carbonyl (C=O) groups excluding carboxylic acids is 1. The molecule has 0 aromatic heterocycles. The first-order valence-corrected chi connectivity index (χ1v) is 4.65. The standard InChI is InChI=1S/C10H11NO4/c12-8-3-1-2-6-4-5-7(11(14)15)10(13)9(6)8/h4-5,13-15H,1-3H2/p-1. The lowest BCUT2D eigenvalue weighted by Crippen LogP contribution is -2.19. The predicted molar refractivity (Wildman–Crippen MR) is 49.2 cm³/mol. The molecule has 5 heteroatoms. The van der Waals surface area contributed by atoms with Crippen molar-refractivity contribution in [2.24, 2.45) is 0 Å². The van der Waals surface area contributed by atoms with Crippen LogP contribution in [0.3, 0.4) is 0 Å². The van der Waals surface area contributed by atoms with Crippen LogP contribution in [0.2, 0.25) is 0 Å². The van der Waals surface area contributed by atoms with Crippen molar-refractivity contribution in [3.8, 4) is 5.75 Å². The van der Waals surface area contributed by atoms with Gasteiger partial charge < -0.3 is 5.11 Å². The molecule has 1 aromatic carbocycles. The normalized spacial score (nSPS) is 14.9. The lowest BCUT2D eigenvalue weighted by atomic mass is 9.89. The van der Waals surface area contributed by atoms with Gasteiger partial charge in [-0.05, 0) is 24.5 Å². The first-order chi connectivity index (χ1) is 7.11. The van der Waals surface area contributed by atoms with E-state index in [2.05, 4.69) is 0 Å². The van der Waals surface area contributed by atoms with E-state index in [0.29, 0.717) is 18.4 Å². The summed E-state index contributed by atoms with van der Waals surface area (Å²) in [5, 5.41) is 29.0. The van der Waals surface area contributed by atoms with E-state index in [1.165, 1.54) is 6.07 Å². The number of fused-ring (bicyclic) bond motifs is 1. The molecule has 5 nitrogen and oxygen atoms in total. The van der Waals surface area contributed by atoms with Crippen molar-refractivity contribution in [1.29, 1.82) is 0 Å². The van der Waals surface area contributed by atoms with Gasteiger partial charge in [0, 0.05) is 12.0 Å². The second kappa shape index (κ2) is 3.52. The van der Waals surface area contributed by atoms with E-state index >= 15 is 0 Å². The Morgan fingerprint density at radius 2 is 2.00 bits per heavy atom. The van der Waals surface area contributed by atoms with Gasteiger partial charge in [0.1, 0.15) is 0 Å². The van der Waals surface area contributed by atoms with Gasteiger partial charge in [-0.3, -0.25) is 15.2 Å². The number of ketones is 1. The maximum absolute atomic E-state index is 11.7. The Bertz CT molecular complexity index is 414. The van der Waals surface area contributed by atoms with Crippen LogP contribution in [0.25, 0.3) is 0 Å². The summed E-state index contributed by atoms with van der Waals surface area (Å²) in [6.45, 7) is 0. The summed E-state index contributed by atoms with van der Waals surface area (Å²) in [7, 11) is 0. The maximum Gasteiger partial charge on any atom is 0.162 e. The molecule has 2 N–H and O–H groups in total. The van der Waals surface area contributed by atoms with E-state index in [9.17, 15) is 9.90 Å². The number of Topliss-reactive ketones (excluding diaryl/α,β-unsaturated/α-hetero) is 1. The lowest BCUT2D eigenvalue weighted by molar-refractivity contribution is -0.269. The summed E-state index contributed by atoms with van der Waals surface area (Å²) < 4.78 is 0. The summed E-state index contributed by atoms with van der Waals surface area (Å²) >= 11 is 0. The van der Waals surface area contributed by atoms with Crippen LogP contribution < -0.4 is 10.3 Å². The SMILES string of the molecule is O=C1CCCc2ccc(N(O)O)c([O-])c21. The molecule has 0 fully saturated rings. The molecule has 0 amide bonds. The van der Waals surface area contributed by atoms with Crippen molar-refractivity contribution in [1.82, 2.24) is 0 Å². The quantitative estimate of drug-likeness (QED) is 0.669. The van der Waals surface area contributed by atoms with Gasteiger partial charge in [0.05, 0.1) is 5.69 Å². The zero-order valence-electron chi connectivity index (χ0n) is 7.93. The highest BCUT2D eigenvalue weighted by Gasteiger charge is 2.19. The van der Waals surface area contributed by atoms with Crippen LogP contribution in [0.1, 0.15) is 28.8 Å². The highest BCUT2D eigenvalue weighted by atomic mass is 16.8. The summed E-state index contributed by atoms with van der Waals surface area (Å²) in [4.78, 5) is 11.5. The van der Waals surface area contributed by atoms with Crippen molar-refractivity contribution in [3.63, 3.8) is 0 Å². The third-order valence-electron chi connectivity index (χ3n) is 2.57. The molecule has 0 bridgehead atoms. The molecule has 0 atom stereocenters. The van der Waals surface area contributed by atoms with Crippen LogP contribution in [-0.4, -0.2) is 16.2 Å². The lowest BCUT2D eigenvalue weighted by Gasteiger charge is -2.25. The molecule has 0 saturated carbocycles. The van der Waals surface area contributed by atoms with Crippen LogP contribution in [0, 0.1) is 0 Å². The van der Waals surface area contributed by atoms with Crippen LogP contribution in [-0.2, 0) is 6.42 Å². The maximum atomic E-state index is 11.7. The number of hydrogen-bond donors (Lipinski definition) is 2. The minimum atomic E-state index is -0.609. The molecular weight excluding hydrogens is 198 g/mol. The fourth-order valence-electron chi connectivity index (χ4n) is 1.85. The van der Waals surface area contributed by atoms with Crippen LogP contribution in [0.5, 0.6) is 5.75 Å². The smallest absolute Gasteiger partial charge is 0.162 e. The summed E-state index contributed by atoms with van der Waals surface area (Å²) in [6.07, 6.45) is 1.78. The highest BCUT2D eigenvalue weighted by Crippen LogP contribution is 2.33. The van der Waals surface area contributed by atoms with E-state index in [1.54, 1.807) is 6.07 Å². The minimum absolute atomic E-state index is 0.104. The average Bonchev–Trinajstić information content (AvgIpc) is 2.17. The van der Waals surface area contributed by atoms with Crippen LogP contribution in [0.4, 0.5) is 5.69 Å². The van der Waals surface area contributed by atoms with Crippen molar-refractivity contribution in [2.75, 3.05) is 5.23 Å². The number of rotatable bonds is 1. The fourth-order valence-corrected chi connectivity index (χ4v) is 1.85. The molecule has 0 radical (unpaired) electrons. The number of aryl methyl sites for hydroxylation is 1. The van der Waals surface area contributed by atoms with Gasteiger partial charge in [0.2, 0.25) is 0 Å². The number of benzene rings is 1. The Hall–Kier alpha value is -1.59. The molecule has 1 aliphatic rings. The van der Waals surface area contributed by atoms with Gasteiger partial charge in [-0.1, -0.05) is 11.8 Å². The largest absolute Gasteiger partial charge is 0.870 e. The molecule has 0 spiro atoms. The van der Waals surface area contributed by atoms with Gasteiger partial charge in [-0.15, -0.1) is 5.23 Å². The summed E-state index contributed by atoms with van der Waals surface area (Å²) in [5.74, 6) is -0.827. The third kappa shape index (κ3) is 1.55. The fraction of sp³-hybridized carbons (Fsp3) is 0.300. The minimum Gasteiger partial charge on any atom is -0.870 e. The Morgan fingerprint density at radius 3 is 2.67 bits per heavy atom. The molecule has 1 aromatic rings. The third-order valence-corrected chi connectivity index (χ3v) is 2.57. The number of hydrogen-bond acceptors (Lipinski definition) is 5. The first-order valence-electron chi connectivity index (χ1n) is 4.65. The molecule has 80 valence electrons. The topological polar surface area (TPSA) is 83.8 Å². The van der Waals surface area contributed by atoms with Gasteiger partial charge in [-0.2, -0.15) is 0 Å². The predicted octanol–water partition coefficient (Wildman–Crippen LogP) is 0.864. The van der Waals surface area contributed by atoms with Crippen LogP contribution in [0.15, 0.2) is 12.1 Å². The highest BCUT2D eigenvalue weighted by molar-refractivity contribution is 6.02. The Kier molecular flexibility index (Phi) is 2.34. The Labute approximate surface area is 86.1 Å². The van der Waals surface area contributed by atoms with Crippen molar-refractivity contribution < 1.29 is 20.3 Å². The van der Waals surface area contributed by atoms with E-state index in [4.69, 9.17) is 10.4 Å². The Morgan fingerprint density at radius 1 is 1.27 bits per heavy atom. The van der Waals surface area contributed by atoms with E-state index in [0.717, 1.165) is 6.42 Å². The molecule has 0 aliphatic heterocycles. The van der Waals surface area contributed by atoms with Crippen molar-refractivity contribution in [2.45, 2.75) is 19.3 Å². The molecule has 1 aliphatic carbocycles. The number of nitrogens with zero attached hydrogens (tertiary/aromatic N) is 1. The average molecular weight is 208 g/mol. The number of carbonyl (C=O) groups is 1. The summed E-state index contributed by atoms with van der Waals surface area (Å²) in [6, 6.07) is 2.89. The summed E-state index contributed by atoms with van der Waals surface area (Å²) in [5.41, 5.74) is 0.512. The van der Waals surface area contributed by atoms with Crippen molar-refractivity contribution >= 4 is 11.5 Å². The Balaban J connectivity index is 2.59. The molecule has 0 heterocycles. The van der Waals surface area contributed by atoms with E-state index in [-0.39, 0.29) is 22.3 Å². The number of anilines is 1. The van der Waals surface area contributed by atoms with Gasteiger partial charge in [-0.25, -0.2) is 0 Å². The molecular formula is C10H10NO4-. The molecule has 2 rings (SSSR count). The van der Waals surface area contributed by atoms with Crippen LogP contribution >= 0.6 is 0 Å². The monoisotopic (exact) mass is 208 g/mol. The first kappa shape index (κ1) is 9.95. The molecule has 15 heavy (non-hydrogen) atoms. The zero-order chi connectivity index (χ0) is 11.0. The van der Waals surface area contributed by atoms with Gasteiger partial charge in [0.25, 0.3) is 0 Å². The van der Waals surface area contributed by atoms with Crippen molar-refractivity contribution in [3.05, 3.63) is 23.3 Å². The van der Waals surface area contributed by atoms with E-state index < -0.39 is 5.75 Å². The van der Waals surface area contributed by atoms with Gasteiger partial charge >= 0.3 is 0 Å².